The molecule has 9 rings (SSSR count). The van der Waals surface area contributed by atoms with Crippen molar-refractivity contribution in [1.29, 1.82) is 0 Å². The first-order valence-corrected chi connectivity index (χ1v) is 49.8. The van der Waals surface area contributed by atoms with Crippen LogP contribution in [-0.2, 0) is 54.5 Å². The van der Waals surface area contributed by atoms with E-state index in [4.69, 9.17) is 36.2 Å². The molecule has 3 aromatic heterocycles. The molecule has 132 heavy (non-hydrogen) atoms. The van der Waals surface area contributed by atoms with Gasteiger partial charge in [0.15, 0.2) is 93.1 Å². The van der Waals surface area contributed by atoms with Crippen LogP contribution in [0.15, 0.2) is 24.3 Å². The molecule has 4 aromatic carbocycles. The van der Waals surface area contributed by atoms with Crippen molar-refractivity contribution in [2.24, 2.45) is 0 Å². The number of nitrogens with one attached hydrogen (secondary N) is 10. The van der Waals surface area contributed by atoms with Crippen LogP contribution < -0.4 is 41.6 Å². The average Bonchev–Trinajstić information content (AvgIpc) is 1.56. The Morgan fingerprint density at radius 2 is 0.386 bits per heavy atom. The van der Waals surface area contributed by atoms with Crippen molar-refractivity contribution in [2.75, 3.05) is 73.6 Å². The average molecular weight is 1960 g/mol. The Hall–Kier alpha value is -8.00. The van der Waals surface area contributed by atoms with Crippen LogP contribution in [-0.4, -0.2) is 121 Å². The number of nitrogens with zero attached hydrogens (tertiary/aromatic N) is 2. The fraction of sp³-hybridized carbons (Fsp3) is 0.500. The standard InChI is InChI=1S/C88H114F16N12O12P4/c1-45(2)121-129(117,122-46(3)4)109-41-25-17-21-37-105-85-77(97)69(89)65(70(90)78(85)98)61-53-29-31-55(113-53)62(66-71(91)79(99)86(80(100)72(66)92)106-38-22-18-26-42-110-130(118,123-47(5)6)124-48(7)8)57-33-35-59(115-57)64(68-75(95)83(103)88(84(104)76(68)96)108-40-24-20-28-44-112-132(120,127-51(13)14)128-52(15)16)60-36-34-58(116-60)63(56-32-30-54(61)114-56)67-73(93)81(101)87(82(102)74(67)94)107-39-23-19-27-43-111-131(119,125-49(9)10)126-50(11)12/h29-36,45-52,105-108,113,116H,17-28,37-44H2,1-16H3,(H,109,117)(H,110,118)(H,111,119)(H,112,120). The van der Waals surface area contributed by atoms with Gasteiger partial charge in [-0.1, -0.05) is 25.7 Å². The van der Waals surface area contributed by atoms with Gasteiger partial charge in [-0.3, -0.25) is 36.2 Å². The zero-order valence-electron chi connectivity index (χ0n) is 76.0. The molecule has 0 atom stereocenters. The van der Waals surface area contributed by atoms with Crippen LogP contribution in [0.4, 0.5) is 93.0 Å². The van der Waals surface area contributed by atoms with Crippen LogP contribution >= 0.6 is 31.0 Å². The highest BCUT2D eigenvalue weighted by Gasteiger charge is 2.38. The highest BCUT2D eigenvalue weighted by Crippen LogP contribution is 2.52. The third-order valence-electron chi connectivity index (χ3n) is 19.4. The normalized spacial score (nSPS) is 12.9. The predicted molar refractivity (Wildman–Crippen MR) is 481 cm³/mol. The summed E-state index contributed by atoms with van der Waals surface area (Å²) >= 11 is 0. The fourth-order valence-corrected chi connectivity index (χ4v) is 21.3. The van der Waals surface area contributed by atoms with E-state index >= 15 is 70.2 Å². The highest BCUT2D eigenvalue weighted by molar-refractivity contribution is 7.52. The summed E-state index contributed by atoms with van der Waals surface area (Å²) in [5.74, 6) is -34.3. The van der Waals surface area contributed by atoms with E-state index in [2.05, 4.69) is 61.6 Å². The summed E-state index contributed by atoms with van der Waals surface area (Å²) < 4.78 is 376. The maximum atomic E-state index is 17.7. The predicted octanol–water partition coefficient (Wildman–Crippen LogP) is 26.1. The smallest absolute Gasteiger partial charge is 0.380 e. The minimum atomic E-state index is -3.81. The number of hydrogen-bond acceptors (Lipinski definition) is 18. The molecule has 0 saturated heterocycles. The number of unbranched alkanes of at least 4 members (excludes halogenated alkanes) is 8. The lowest BCUT2D eigenvalue weighted by Gasteiger charge is -2.23. The summed E-state index contributed by atoms with van der Waals surface area (Å²) in [4.78, 5) is 14.1. The summed E-state index contributed by atoms with van der Waals surface area (Å²) in [5, 5.41) is 20.3. The van der Waals surface area contributed by atoms with Crippen molar-refractivity contribution in [1.82, 2.24) is 40.3 Å². The maximum Gasteiger partial charge on any atom is 0.406 e. The first kappa shape index (κ1) is 108. The molecule has 24 nitrogen and oxygen atoms in total. The van der Waals surface area contributed by atoms with E-state index in [1.807, 2.05) is 0 Å². The molecule has 0 fully saturated rings. The third-order valence-corrected chi connectivity index (χ3v) is 27.5. The van der Waals surface area contributed by atoms with E-state index in [1.165, 1.54) is 0 Å². The number of rotatable bonds is 52. The van der Waals surface area contributed by atoms with Crippen molar-refractivity contribution < 1.29 is 125 Å². The molecule has 5 heterocycles. The van der Waals surface area contributed by atoms with Crippen LogP contribution in [0.2, 0.25) is 0 Å². The van der Waals surface area contributed by atoms with Crippen LogP contribution in [0.5, 0.6) is 0 Å². The molecule has 0 spiro atoms. The van der Waals surface area contributed by atoms with Crippen LogP contribution in [0.1, 0.15) is 211 Å². The van der Waals surface area contributed by atoms with Crippen molar-refractivity contribution in [3.05, 3.63) is 140 Å². The molecule has 0 saturated carbocycles. The Bertz CT molecular complexity index is 4870. The minimum absolute atomic E-state index is 0.0486. The Kier molecular flexibility index (Phi) is 38.9. The number of H-pyrrole nitrogens is 2. The number of fused-ring (bicyclic) bond motifs is 8. The Balaban J connectivity index is 1.25. The second-order valence-corrected chi connectivity index (χ2v) is 40.3. The van der Waals surface area contributed by atoms with Gasteiger partial charge < -0.3 is 31.2 Å². The first-order valence-electron chi connectivity index (χ1n) is 43.6. The number of hydrogen-bond donors (Lipinski definition) is 10. The summed E-state index contributed by atoms with van der Waals surface area (Å²) in [5.41, 5.74) is -23.0. The molecule has 0 radical (unpaired) electrons. The summed E-state index contributed by atoms with van der Waals surface area (Å²) in [6, 6.07) is 3.36. The quantitative estimate of drug-likeness (QED) is 0.00733. The molecular weight excluding hydrogens is 1840 g/mol. The van der Waals surface area contributed by atoms with Gasteiger partial charge in [0.25, 0.3) is 0 Å². The molecular formula is C88H114F16N12O12P4. The lowest BCUT2D eigenvalue weighted by Crippen LogP contribution is -2.21. The van der Waals surface area contributed by atoms with E-state index in [1.54, 1.807) is 111 Å². The second-order valence-electron chi connectivity index (χ2n) is 33.3. The number of aromatic amines is 2. The highest BCUT2D eigenvalue weighted by atomic mass is 31.2. The van der Waals surface area contributed by atoms with Gasteiger partial charge in [0, 0.05) is 96.7 Å². The Labute approximate surface area is 756 Å². The van der Waals surface area contributed by atoms with Gasteiger partial charge in [-0.15, -0.1) is 0 Å². The van der Waals surface area contributed by atoms with Gasteiger partial charge in [-0.25, -0.2) is 119 Å². The lowest BCUT2D eigenvalue weighted by molar-refractivity contribution is 0.134. The van der Waals surface area contributed by atoms with Crippen molar-refractivity contribution >= 4 is 100 Å². The summed E-state index contributed by atoms with van der Waals surface area (Å²) in [6.45, 7) is 24.9. The fourth-order valence-electron chi connectivity index (χ4n) is 14.3. The summed E-state index contributed by atoms with van der Waals surface area (Å²) in [6.07, 6.45) is 1.28. The SMILES string of the molecule is CC(C)OP(=O)(NCCCCCNc1c(F)c(F)c(-c2c3nc(c(-c4c(F)c(F)c(NCCCCCNP(=O)(OC(C)C)OC(C)C)c(F)c4F)c4ccc([nH]4)c(-c4c(F)c(F)c(NCCCCCNP(=O)(OC(C)C)OC(C)C)c(F)c4F)c4nc(c(-c5c(F)c(F)c(NCCCCCNP(=O)(OC(C)C)OC(C)C)c(F)c5F)c5ccc2[nH]5)C=C4)C=C3)c(F)c1F)OC(C)C. The van der Waals surface area contributed by atoms with Crippen LogP contribution in [0, 0.1) is 93.1 Å². The van der Waals surface area contributed by atoms with Gasteiger partial charge in [-0.05, 0) is 211 Å². The second kappa shape index (κ2) is 47.7. The molecule has 44 heteroatoms. The van der Waals surface area contributed by atoms with E-state index in [0.717, 1.165) is 48.6 Å². The van der Waals surface area contributed by atoms with Crippen LogP contribution in [0.3, 0.4) is 0 Å². The molecule has 2 aliphatic rings. The van der Waals surface area contributed by atoms with E-state index < -0.39 is 285 Å². The van der Waals surface area contributed by atoms with Gasteiger partial charge in [-0.2, -0.15) is 0 Å². The maximum absolute atomic E-state index is 17.7. The number of benzene rings is 4. The van der Waals surface area contributed by atoms with Gasteiger partial charge >= 0.3 is 31.0 Å². The molecule has 0 amide bonds. The third kappa shape index (κ3) is 27.3. The number of anilines is 4. The minimum Gasteiger partial charge on any atom is -0.380 e. The van der Waals surface area contributed by atoms with Crippen molar-refractivity contribution in [3.63, 3.8) is 0 Å². The molecule has 730 valence electrons. The number of aromatic nitrogens is 4. The van der Waals surface area contributed by atoms with E-state index in [9.17, 15) is 18.3 Å². The van der Waals surface area contributed by atoms with Gasteiger partial charge in [0.2, 0.25) is 0 Å². The van der Waals surface area contributed by atoms with Crippen LogP contribution in [0.25, 0.3) is 90.9 Å². The van der Waals surface area contributed by atoms with Gasteiger partial charge in [0.05, 0.1) is 93.9 Å². The van der Waals surface area contributed by atoms with Gasteiger partial charge in [0.1, 0.15) is 22.7 Å². The lowest BCUT2D eigenvalue weighted by atomic mass is 10.0. The van der Waals surface area contributed by atoms with E-state index in [-0.39, 0.29) is 129 Å². The molecule has 10 N–H and O–H groups in total. The number of halogens is 16. The zero-order chi connectivity index (χ0) is 97.3. The van der Waals surface area contributed by atoms with Crippen molar-refractivity contribution in [2.45, 2.75) is 237 Å². The largest absolute Gasteiger partial charge is 0.406 e. The molecule has 0 unspecified atom stereocenters. The molecule has 2 aliphatic heterocycles. The zero-order valence-corrected chi connectivity index (χ0v) is 79.6. The van der Waals surface area contributed by atoms with E-state index in [0.29, 0.717) is 0 Å². The topological polar surface area (TPSA) is 296 Å². The molecule has 8 bridgehead atoms. The Morgan fingerprint density at radius 1 is 0.235 bits per heavy atom. The van der Waals surface area contributed by atoms with Crippen molar-refractivity contribution in [3.8, 4) is 44.5 Å². The Morgan fingerprint density at radius 3 is 0.538 bits per heavy atom. The molecule has 7 aromatic rings. The monoisotopic (exact) mass is 1960 g/mol. The molecule has 0 aliphatic carbocycles. The first-order chi connectivity index (χ1) is 62.1. The summed E-state index contributed by atoms with van der Waals surface area (Å²) in [7, 11) is -15.2.